The lowest BCUT2D eigenvalue weighted by atomic mass is 10.2. The highest BCUT2D eigenvalue weighted by Crippen LogP contribution is 2.34. The average Bonchev–Trinajstić information content (AvgIpc) is 2.14. The van der Waals surface area contributed by atoms with Gasteiger partial charge in [0.1, 0.15) is 5.15 Å². The van der Waals surface area contributed by atoms with E-state index < -0.39 is 0 Å². The molecular formula is C10H6BrCl2N. The Morgan fingerprint density at radius 1 is 1.29 bits per heavy atom. The van der Waals surface area contributed by atoms with Crippen molar-refractivity contribution in [1.82, 2.24) is 4.98 Å². The van der Waals surface area contributed by atoms with E-state index in [0.717, 1.165) is 20.9 Å². The molecule has 0 unspecified atom stereocenters. The van der Waals surface area contributed by atoms with Crippen molar-refractivity contribution in [3.05, 3.63) is 38.4 Å². The largest absolute Gasteiger partial charge is 0.236 e. The number of rotatable bonds is 0. The zero-order valence-electron chi connectivity index (χ0n) is 7.31. The predicted octanol–water partition coefficient (Wildman–Crippen LogP) is 4.61. The summed E-state index contributed by atoms with van der Waals surface area (Å²) < 4.78 is 0.937. The van der Waals surface area contributed by atoms with Gasteiger partial charge in [-0.15, -0.1) is 0 Å². The molecular weight excluding hydrogens is 285 g/mol. The standard InChI is InChI=1S/C10H6BrCl2N/c1-5-9(12)8-6(11)3-2-4-7(8)14-10(5)13/h2-4H,1H3. The van der Waals surface area contributed by atoms with E-state index in [0.29, 0.717) is 10.2 Å². The fraction of sp³-hybridized carbons (Fsp3) is 0.100. The van der Waals surface area contributed by atoms with E-state index in [9.17, 15) is 0 Å². The minimum absolute atomic E-state index is 0.459. The zero-order valence-corrected chi connectivity index (χ0v) is 10.4. The van der Waals surface area contributed by atoms with Crippen molar-refractivity contribution >= 4 is 50.0 Å². The number of hydrogen-bond donors (Lipinski definition) is 0. The molecule has 0 aliphatic carbocycles. The highest BCUT2D eigenvalue weighted by atomic mass is 79.9. The van der Waals surface area contributed by atoms with E-state index in [2.05, 4.69) is 20.9 Å². The number of nitrogens with zero attached hydrogens (tertiary/aromatic N) is 1. The summed E-state index contributed by atoms with van der Waals surface area (Å²) in [5, 5.41) is 2.03. The molecule has 2 rings (SSSR count). The third kappa shape index (κ3) is 1.52. The van der Waals surface area contributed by atoms with E-state index in [4.69, 9.17) is 23.2 Å². The molecule has 0 saturated heterocycles. The molecule has 14 heavy (non-hydrogen) atoms. The summed E-state index contributed by atoms with van der Waals surface area (Å²) in [4.78, 5) is 4.25. The molecule has 0 bridgehead atoms. The highest BCUT2D eigenvalue weighted by Gasteiger charge is 2.10. The Bertz CT molecular complexity index is 511. The van der Waals surface area contributed by atoms with Crippen molar-refractivity contribution in [2.45, 2.75) is 6.92 Å². The van der Waals surface area contributed by atoms with Crippen LogP contribution in [0.2, 0.25) is 10.2 Å². The molecule has 0 amide bonds. The van der Waals surface area contributed by atoms with Crippen molar-refractivity contribution in [1.29, 1.82) is 0 Å². The van der Waals surface area contributed by atoms with Crippen molar-refractivity contribution < 1.29 is 0 Å². The molecule has 1 aromatic carbocycles. The Kier molecular flexibility index (Phi) is 2.69. The van der Waals surface area contributed by atoms with Crippen LogP contribution in [0.5, 0.6) is 0 Å². The maximum Gasteiger partial charge on any atom is 0.134 e. The first-order valence-corrected chi connectivity index (χ1v) is 5.56. The molecule has 72 valence electrons. The molecule has 0 aliphatic rings. The number of fused-ring (bicyclic) bond motifs is 1. The zero-order chi connectivity index (χ0) is 10.3. The normalized spacial score (nSPS) is 10.9. The minimum Gasteiger partial charge on any atom is -0.236 e. The number of hydrogen-bond acceptors (Lipinski definition) is 1. The Labute approximate surface area is 100 Å². The maximum absolute atomic E-state index is 6.18. The smallest absolute Gasteiger partial charge is 0.134 e. The quantitative estimate of drug-likeness (QED) is 0.646. The molecule has 1 nitrogen and oxygen atoms in total. The van der Waals surface area contributed by atoms with Crippen LogP contribution >= 0.6 is 39.1 Å². The number of pyridine rings is 1. The number of aromatic nitrogens is 1. The molecule has 0 atom stereocenters. The van der Waals surface area contributed by atoms with Gasteiger partial charge >= 0.3 is 0 Å². The van der Waals surface area contributed by atoms with Crippen LogP contribution in [0.4, 0.5) is 0 Å². The summed E-state index contributed by atoms with van der Waals surface area (Å²) in [6.45, 7) is 1.86. The molecule has 1 heterocycles. The van der Waals surface area contributed by atoms with E-state index in [1.807, 2.05) is 25.1 Å². The molecule has 0 spiro atoms. The third-order valence-corrected chi connectivity index (χ3v) is 3.57. The van der Waals surface area contributed by atoms with Crippen LogP contribution in [0.1, 0.15) is 5.56 Å². The predicted molar refractivity (Wildman–Crippen MR) is 64.2 cm³/mol. The first-order valence-electron chi connectivity index (χ1n) is 4.01. The number of benzene rings is 1. The topological polar surface area (TPSA) is 12.9 Å². The van der Waals surface area contributed by atoms with Crippen LogP contribution < -0.4 is 0 Å². The molecule has 0 N–H and O–H groups in total. The van der Waals surface area contributed by atoms with Gasteiger partial charge in [0, 0.05) is 15.4 Å². The lowest BCUT2D eigenvalue weighted by Gasteiger charge is -2.06. The summed E-state index contributed by atoms with van der Waals surface area (Å²) in [5.74, 6) is 0. The fourth-order valence-corrected chi connectivity index (χ4v) is 2.48. The van der Waals surface area contributed by atoms with Crippen LogP contribution in [-0.4, -0.2) is 4.98 Å². The summed E-state index contributed by atoms with van der Waals surface area (Å²) in [5.41, 5.74) is 1.62. The lowest BCUT2D eigenvalue weighted by molar-refractivity contribution is 1.33. The van der Waals surface area contributed by atoms with E-state index in [1.165, 1.54) is 0 Å². The molecule has 0 radical (unpaired) electrons. The first kappa shape index (κ1) is 10.2. The molecule has 0 aliphatic heterocycles. The van der Waals surface area contributed by atoms with Crippen LogP contribution in [0.3, 0.4) is 0 Å². The molecule has 1 aromatic heterocycles. The van der Waals surface area contributed by atoms with Gasteiger partial charge in [-0.1, -0.05) is 45.2 Å². The SMILES string of the molecule is Cc1c(Cl)nc2cccc(Br)c2c1Cl. The average molecular weight is 291 g/mol. The second-order valence-electron chi connectivity index (χ2n) is 2.98. The van der Waals surface area contributed by atoms with Crippen molar-refractivity contribution in [3.8, 4) is 0 Å². The van der Waals surface area contributed by atoms with Gasteiger partial charge in [-0.05, 0) is 19.1 Å². The lowest BCUT2D eigenvalue weighted by Crippen LogP contribution is -1.87. The third-order valence-electron chi connectivity index (χ3n) is 2.07. The second-order valence-corrected chi connectivity index (χ2v) is 4.57. The fourth-order valence-electron chi connectivity index (χ4n) is 1.29. The van der Waals surface area contributed by atoms with Gasteiger partial charge in [-0.3, -0.25) is 0 Å². The summed E-state index contributed by atoms with van der Waals surface area (Å²) in [6, 6.07) is 5.72. The monoisotopic (exact) mass is 289 g/mol. The molecule has 4 heteroatoms. The maximum atomic E-state index is 6.18. The Morgan fingerprint density at radius 2 is 2.00 bits per heavy atom. The van der Waals surface area contributed by atoms with Gasteiger partial charge in [0.2, 0.25) is 0 Å². The summed E-state index contributed by atoms with van der Waals surface area (Å²) in [7, 11) is 0. The highest BCUT2D eigenvalue weighted by molar-refractivity contribution is 9.10. The van der Waals surface area contributed by atoms with Gasteiger partial charge in [0.25, 0.3) is 0 Å². The molecule has 0 saturated carbocycles. The summed E-state index contributed by atoms with van der Waals surface area (Å²) >= 11 is 15.6. The van der Waals surface area contributed by atoms with Crippen LogP contribution in [0.25, 0.3) is 10.9 Å². The van der Waals surface area contributed by atoms with Gasteiger partial charge in [-0.2, -0.15) is 0 Å². The second kappa shape index (κ2) is 3.69. The Morgan fingerprint density at radius 3 is 2.71 bits per heavy atom. The minimum atomic E-state index is 0.459. The van der Waals surface area contributed by atoms with Crippen LogP contribution in [0.15, 0.2) is 22.7 Å². The van der Waals surface area contributed by atoms with Crippen molar-refractivity contribution in [2.75, 3.05) is 0 Å². The van der Waals surface area contributed by atoms with Crippen molar-refractivity contribution in [2.24, 2.45) is 0 Å². The number of halogens is 3. The first-order chi connectivity index (χ1) is 6.61. The molecule has 0 fully saturated rings. The van der Waals surface area contributed by atoms with Gasteiger partial charge < -0.3 is 0 Å². The van der Waals surface area contributed by atoms with E-state index in [1.54, 1.807) is 0 Å². The van der Waals surface area contributed by atoms with E-state index >= 15 is 0 Å². The van der Waals surface area contributed by atoms with E-state index in [-0.39, 0.29) is 0 Å². The Hall–Kier alpha value is -0.310. The van der Waals surface area contributed by atoms with Crippen molar-refractivity contribution in [3.63, 3.8) is 0 Å². The van der Waals surface area contributed by atoms with Crippen LogP contribution in [-0.2, 0) is 0 Å². The molecule has 2 aromatic rings. The van der Waals surface area contributed by atoms with Crippen LogP contribution in [0, 0.1) is 6.92 Å². The van der Waals surface area contributed by atoms with Gasteiger partial charge in [0.15, 0.2) is 0 Å². The van der Waals surface area contributed by atoms with Gasteiger partial charge in [0.05, 0.1) is 10.5 Å². The summed E-state index contributed by atoms with van der Waals surface area (Å²) in [6.07, 6.45) is 0. The Balaban J connectivity index is 2.99. The van der Waals surface area contributed by atoms with Gasteiger partial charge in [-0.25, -0.2) is 4.98 Å².